The molecule has 0 amide bonds. The second-order valence-electron chi connectivity index (χ2n) is 4.56. The SMILES string of the molecule is CC(C)(C)Cc1cc(CCN)on1. The van der Waals surface area contributed by atoms with Crippen molar-refractivity contribution in [3.05, 3.63) is 17.5 Å². The van der Waals surface area contributed by atoms with E-state index in [-0.39, 0.29) is 5.41 Å². The fraction of sp³-hybridized carbons (Fsp3) is 0.700. The first-order valence-electron chi connectivity index (χ1n) is 4.66. The number of aromatic nitrogens is 1. The van der Waals surface area contributed by atoms with Crippen molar-refractivity contribution in [2.45, 2.75) is 33.6 Å². The van der Waals surface area contributed by atoms with Gasteiger partial charge in [0.25, 0.3) is 0 Å². The van der Waals surface area contributed by atoms with Crippen LogP contribution >= 0.6 is 0 Å². The summed E-state index contributed by atoms with van der Waals surface area (Å²) in [5.41, 5.74) is 6.69. The van der Waals surface area contributed by atoms with Gasteiger partial charge in [0.1, 0.15) is 5.76 Å². The lowest BCUT2D eigenvalue weighted by Crippen LogP contribution is -2.09. The van der Waals surface area contributed by atoms with Crippen molar-refractivity contribution in [2.24, 2.45) is 11.1 Å². The Morgan fingerprint density at radius 2 is 2.15 bits per heavy atom. The number of hydrogen-bond donors (Lipinski definition) is 1. The number of rotatable bonds is 3. The maximum Gasteiger partial charge on any atom is 0.138 e. The minimum absolute atomic E-state index is 0.261. The Kier molecular flexibility index (Phi) is 3.09. The van der Waals surface area contributed by atoms with Crippen LogP contribution < -0.4 is 5.73 Å². The number of nitrogens with two attached hydrogens (primary N) is 1. The van der Waals surface area contributed by atoms with E-state index >= 15 is 0 Å². The topological polar surface area (TPSA) is 52.0 Å². The highest BCUT2D eigenvalue weighted by Gasteiger charge is 2.14. The van der Waals surface area contributed by atoms with E-state index in [4.69, 9.17) is 10.3 Å². The standard InChI is InChI=1S/C10H18N2O/c1-10(2,3)7-8-6-9(4-5-11)13-12-8/h6H,4-5,7,11H2,1-3H3. The fourth-order valence-corrected chi connectivity index (χ4v) is 1.24. The molecule has 0 unspecified atom stereocenters. The first-order chi connectivity index (χ1) is 6.01. The summed E-state index contributed by atoms with van der Waals surface area (Å²) in [6, 6.07) is 2.00. The summed E-state index contributed by atoms with van der Waals surface area (Å²) < 4.78 is 5.12. The zero-order valence-electron chi connectivity index (χ0n) is 8.63. The zero-order valence-corrected chi connectivity index (χ0v) is 8.63. The van der Waals surface area contributed by atoms with E-state index in [1.807, 2.05) is 6.07 Å². The first kappa shape index (κ1) is 10.3. The Morgan fingerprint density at radius 3 is 2.69 bits per heavy atom. The molecule has 0 atom stereocenters. The Labute approximate surface area is 79.3 Å². The predicted octanol–water partition coefficient (Wildman–Crippen LogP) is 1.76. The molecular formula is C10H18N2O. The lowest BCUT2D eigenvalue weighted by molar-refractivity contribution is 0.355. The zero-order chi connectivity index (χ0) is 9.90. The van der Waals surface area contributed by atoms with Crippen molar-refractivity contribution >= 4 is 0 Å². The van der Waals surface area contributed by atoms with Crippen LogP contribution in [0.15, 0.2) is 10.6 Å². The lowest BCUT2D eigenvalue weighted by atomic mass is 9.90. The molecule has 0 fully saturated rings. The van der Waals surface area contributed by atoms with Crippen LogP contribution in [0.5, 0.6) is 0 Å². The highest BCUT2D eigenvalue weighted by atomic mass is 16.5. The summed E-state index contributed by atoms with van der Waals surface area (Å²) >= 11 is 0. The van der Waals surface area contributed by atoms with Gasteiger partial charge in [-0.15, -0.1) is 0 Å². The summed E-state index contributed by atoms with van der Waals surface area (Å²) in [4.78, 5) is 0. The average Bonchev–Trinajstić information content (AvgIpc) is 2.33. The Morgan fingerprint density at radius 1 is 1.46 bits per heavy atom. The molecule has 0 aliphatic heterocycles. The van der Waals surface area contributed by atoms with E-state index in [2.05, 4.69) is 25.9 Å². The molecule has 2 N–H and O–H groups in total. The van der Waals surface area contributed by atoms with Crippen molar-refractivity contribution < 1.29 is 4.52 Å². The van der Waals surface area contributed by atoms with Gasteiger partial charge < -0.3 is 10.3 Å². The molecule has 0 aliphatic carbocycles. The molecular weight excluding hydrogens is 164 g/mol. The van der Waals surface area contributed by atoms with Gasteiger partial charge in [0, 0.05) is 12.5 Å². The molecule has 0 saturated heterocycles. The van der Waals surface area contributed by atoms with Gasteiger partial charge in [-0.3, -0.25) is 0 Å². The lowest BCUT2D eigenvalue weighted by Gasteiger charge is -2.14. The molecule has 1 heterocycles. The quantitative estimate of drug-likeness (QED) is 0.775. The van der Waals surface area contributed by atoms with E-state index < -0.39 is 0 Å². The van der Waals surface area contributed by atoms with Crippen LogP contribution in [-0.2, 0) is 12.8 Å². The number of hydrogen-bond acceptors (Lipinski definition) is 3. The van der Waals surface area contributed by atoms with Crippen LogP contribution in [-0.4, -0.2) is 11.7 Å². The van der Waals surface area contributed by atoms with Crippen LogP contribution in [0.2, 0.25) is 0 Å². The Hall–Kier alpha value is -0.830. The molecule has 0 bridgehead atoms. The molecule has 3 heteroatoms. The molecule has 1 aromatic rings. The summed E-state index contributed by atoms with van der Waals surface area (Å²) in [5.74, 6) is 0.891. The van der Waals surface area contributed by atoms with Crippen LogP contribution in [0, 0.1) is 5.41 Å². The second-order valence-corrected chi connectivity index (χ2v) is 4.56. The molecule has 74 valence electrons. The van der Waals surface area contributed by atoms with E-state index in [0.717, 1.165) is 24.3 Å². The van der Waals surface area contributed by atoms with E-state index in [1.165, 1.54) is 0 Å². The fourth-order valence-electron chi connectivity index (χ4n) is 1.24. The molecule has 0 spiro atoms. The first-order valence-corrected chi connectivity index (χ1v) is 4.66. The monoisotopic (exact) mass is 182 g/mol. The predicted molar refractivity (Wildman–Crippen MR) is 52.4 cm³/mol. The molecule has 1 aromatic heterocycles. The van der Waals surface area contributed by atoms with Crippen molar-refractivity contribution in [1.82, 2.24) is 5.16 Å². The van der Waals surface area contributed by atoms with Gasteiger partial charge in [0.05, 0.1) is 5.69 Å². The largest absolute Gasteiger partial charge is 0.361 e. The summed E-state index contributed by atoms with van der Waals surface area (Å²) in [5, 5.41) is 3.99. The highest BCUT2D eigenvalue weighted by molar-refractivity contribution is 5.07. The normalized spacial score (nSPS) is 12.0. The van der Waals surface area contributed by atoms with Crippen molar-refractivity contribution in [2.75, 3.05) is 6.54 Å². The van der Waals surface area contributed by atoms with Gasteiger partial charge in [0.15, 0.2) is 0 Å². The third-order valence-corrected chi connectivity index (χ3v) is 1.71. The second kappa shape index (κ2) is 3.92. The van der Waals surface area contributed by atoms with Gasteiger partial charge >= 0.3 is 0 Å². The van der Waals surface area contributed by atoms with Gasteiger partial charge in [-0.1, -0.05) is 25.9 Å². The summed E-state index contributed by atoms with van der Waals surface area (Å²) in [7, 11) is 0. The third-order valence-electron chi connectivity index (χ3n) is 1.71. The van der Waals surface area contributed by atoms with Gasteiger partial charge in [0.2, 0.25) is 0 Å². The molecule has 3 nitrogen and oxygen atoms in total. The minimum atomic E-state index is 0.261. The van der Waals surface area contributed by atoms with E-state index in [9.17, 15) is 0 Å². The maximum absolute atomic E-state index is 5.41. The smallest absolute Gasteiger partial charge is 0.138 e. The van der Waals surface area contributed by atoms with Gasteiger partial charge in [-0.2, -0.15) is 0 Å². The van der Waals surface area contributed by atoms with E-state index in [0.29, 0.717) is 6.54 Å². The van der Waals surface area contributed by atoms with E-state index in [1.54, 1.807) is 0 Å². The minimum Gasteiger partial charge on any atom is -0.361 e. The van der Waals surface area contributed by atoms with Crippen LogP contribution in [0.25, 0.3) is 0 Å². The molecule has 1 rings (SSSR count). The molecule has 0 aromatic carbocycles. The van der Waals surface area contributed by atoms with Crippen molar-refractivity contribution in [3.8, 4) is 0 Å². The molecule has 13 heavy (non-hydrogen) atoms. The molecule has 0 radical (unpaired) electrons. The Balaban J connectivity index is 2.59. The van der Waals surface area contributed by atoms with Crippen LogP contribution in [0.4, 0.5) is 0 Å². The van der Waals surface area contributed by atoms with Gasteiger partial charge in [-0.25, -0.2) is 0 Å². The number of nitrogens with zero attached hydrogens (tertiary/aromatic N) is 1. The maximum atomic E-state index is 5.41. The summed E-state index contributed by atoms with van der Waals surface area (Å²) in [6.07, 6.45) is 1.72. The van der Waals surface area contributed by atoms with Gasteiger partial charge in [-0.05, 0) is 18.4 Å². The van der Waals surface area contributed by atoms with Crippen molar-refractivity contribution in [3.63, 3.8) is 0 Å². The highest BCUT2D eigenvalue weighted by Crippen LogP contribution is 2.20. The average molecular weight is 182 g/mol. The van der Waals surface area contributed by atoms with Crippen LogP contribution in [0.3, 0.4) is 0 Å². The molecule has 0 aliphatic rings. The van der Waals surface area contributed by atoms with Crippen LogP contribution in [0.1, 0.15) is 32.2 Å². The Bertz CT molecular complexity index is 260. The third kappa shape index (κ3) is 3.59. The van der Waals surface area contributed by atoms with Crippen molar-refractivity contribution in [1.29, 1.82) is 0 Å². The summed E-state index contributed by atoms with van der Waals surface area (Å²) in [6.45, 7) is 7.17. The molecule has 0 saturated carbocycles.